The van der Waals surface area contributed by atoms with Crippen molar-refractivity contribution < 1.29 is 3.76 Å². The predicted molar refractivity (Wildman–Crippen MR) is 120 cm³/mol. The normalized spacial score (nSPS) is 16.8. The molecule has 0 saturated carbocycles. The molecule has 1 nitrogen and oxygen atoms in total. The summed E-state index contributed by atoms with van der Waals surface area (Å²) in [6.07, 6.45) is 7.76. The number of rotatable bonds is 5. The zero-order valence-electron chi connectivity index (χ0n) is 16.6. The molecule has 0 fully saturated rings. The third-order valence-corrected chi connectivity index (χ3v) is 14.0. The van der Waals surface area contributed by atoms with Crippen molar-refractivity contribution in [3.05, 3.63) is 109 Å². The van der Waals surface area contributed by atoms with Crippen molar-refractivity contribution in [1.82, 2.24) is 0 Å². The summed E-state index contributed by atoms with van der Waals surface area (Å²) in [5, 5.41) is 0. The van der Waals surface area contributed by atoms with Crippen molar-refractivity contribution in [1.29, 1.82) is 0 Å². The van der Waals surface area contributed by atoms with Gasteiger partial charge in [-0.05, 0) is 0 Å². The van der Waals surface area contributed by atoms with Crippen molar-refractivity contribution in [2.45, 2.75) is 26.7 Å². The molecular formula is C26H27GeO. The van der Waals surface area contributed by atoms with Crippen LogP contribution in [0.25, 0.3) is 0 Å². The Kier molecular flexibility index (Phi) is 5.57. The van der Waals surface area contributed by atoms with Crippen LogP contribution in [0.1, 0.15) is 26.7 Å². The Morgan fingerprint density at radius 1 is 0.679 bits per heavy atom. The third-order valence-electron chi connectivity index (χ3n) is 5.56. The van der Waals surface area contributed by atoms with E-state index < -0.39 is 13.6 Å². The summed E-state index contributed by atoms with van der Waals surface area (Å²) < 4.78 is 11.1. The average molecular weight is 428 g/mol. The third kappa shape index (κ3) is 3.87. The van der Waals surface area contributed by atoms with Crippen LogP contribution in [0.15, 0.2) is 103 Å². The fourth-order valence-corrected chi connectivity index (χ4v) is 12.1. The molecule has 0 unspecified atom stereocenters. The van der Waals surface area contributed by atoms with Crippen LogP contribution in [0.3, 0.4) is 0 Å². The standard InChI is InChI=1S/C26H27GeO/c1-26(2)20-18-25(19-21-26)28-27(22-12-6-3-7-13-22,23-14-8-4-9-15-23)24-16-10-5-11-17-24/h3-18,20H,19,21H2,1-2H3. The molecule has 0 spiro atoms. The molecular weight excluding hydrogens is 401 g/mol. The summed E-state index contributed by atoms with van der Waals surface area (Å²) in [7, 11) is 0. The van der Waals surface area contributed by atoms with Crippen LogP contribution in [-0.2, 0) is 3.76 Å². The number of hydrogen-bond acceptors (Lipinski definition) is 1. The molecule has 0 aliphatic heterocycles. The van der Waals surface area contributed by atoms with Gasteiger partial charge in [0, 0.05) is 0 Å². The van der Waals surface area contributed by atoms with Crippen LogP contribution in [-0.4, -0.2) is 13.6 Å². The summed E-state index contributed by atoms with van der Waals surface area (Å²) >= 11 is -3.34. The molecule has 28 heavy (non-hydrogen) atoms. The van der Waals surface area contributed by atoms with Crippen LogP contribution in [0.5, 0.6) is 0 Å². The van der Waals surface area contributed by atoms with Gasteiger partial charge in [0.25, 0.3) is 0 Å². The van der Waals surface area contributed by atoms with E-state index in [0.717, 1.165) is 18.9 Å². The van der Waals surface area contributed by atoms with Gasteiger partial charge in [-0.2, -0.15) is 0 Å². The molecule has 1 aliphatic carbocycles. The number of hydrogen-bond donors (Lipinski definition) is 0. The van der Waals surface area contributed by atoms with Gasteiger partial charge in [-0.3, -0.25) is 0 Å². The first-order valence-corrected chi connectivity index (χ1v) is 14.0. The molecule has 0 heterocycles. The van der Waals surface area contributed by atoms with Crippen molar-refractivity contribution in [3.8, 4) is 0 Å². The van der Waals surface area contributed by atoms with E-state index in [1.54, 1.807) is 0 Å². The first kappa shape index (κ1) is 19.2. The van der Waals surface area contributed by atoms with Gasteiger partial charge in [-0.25, -0.2) is 0 Å². The van der Waals surface area contributed by atoms with Gasteiger partial charge in [0.05, 0.1) is 0 Å². The molecule has 0 N–H and O–H groups in total. The van der Waals surface area contributed by atoms with E-state index in [-0.39, 0.29) is 5.41 Å². The summed E-state index contributed by atoms with van der Waals surface area (Å²) in [4.78, 5) is 0. The molecule has 0 amide bonds. The fraction of sp³-hybridized carbons (Fsp3) is 0.192. The van der Waals surface area contributed by atoms with Gasteiger partial charge in [0.15, 0.2) is 0 Å². The van der Waals surface area contributed by atoms with E-state index in [0.29, 0.717) is 0 Å². The maximum atomic E-state index is 7.15. The molecule has 3 aromatic carbocycles. The molecule has 0 saturated heterocycles. The van der Waals surface area contributed by atoms with Gasteiger partial charge in [0.2, 0.25) is 0 Å². The van der Waals surface area contributed by atoms with Gasteiger partial charge in [-0.1, -0.05) is 0 Å². The van der Waals surface area contributed by atoms with E-state index >= 15 is 0 Å². The Hall–Kier alpha value is -2.10. The summed E-state index contributed by atoms with van der Waals surface area (Å²) in [5.74, 6) is 0. The van der Waals surface area contributed by atoms with Crippen molar-refractivity contribution >= 4 is 26.8 Å². The minimum absolute atomic E-state index is 0.245. The quantitative estimate of drug-likeness (QED) is 0.541. The van der Waals surface area contributed by atoms with Crippen molar-refractivity contribution in [2.24, 2.45) is 5.41 Å². The van der Waals surface area contributed by atoms with Crippen LogP contribution in [0.2, 0.25) is 0 Å². The second-order valence-corrected chi connectivity index (χ2v) is 15.1. The molecule has 2 heteroatoms. The summed E-state index contributed by atoms with van der Waals surface area (Å²) in [5.41, 5.74) is 0.245. The maximum absolute atomic E-state index is 7.15. The van der Waals surface area contributed by atoms with Crippen LogP contribution in [0.4, 0.5) is 0 Å². The van der Waals surface area contributed by atoms with Crippen LogP contribution < -0.4 is 13.2 Å². The molecule has 0 bridgehead atoms. The first-order valence-electron chi connectivity index (χ1n) is 10.0. The van der Waals surface area contributed by atoms with Gasteiger partial charge in [-0.15, -0.1) is 0 Å². The first-order chi connectivity index (χ1) is 13.6. The monoisotopic (exact) mass is 429 g/mol. The average Bonchev–Trinajstić information content (AvgIpc) is 2.75. The van der Waals surface area contributed by atoms with E-state index in [2.05, 4.69) is 117 Å². The Morgan fingerprint density at radius 3 is 1.46 bits per heavy atom. The van der Waals surface area contributed by atoms with E-state index in [4.69, 9.17) is 3.76 Å². The fourth-order valence-electron chi connectivity index (χ4n) is 3.91. The SMILES string of the molecule is CC1(C)C=C[C]([O][Ge]([c]2ccccc2)([c]2ccccc2)[c]2ccccc2)CC1. The zero-order chi connectivity index (χ0) is 19.5. The number of allylic oxidation sites excluding steroid dienone is 1. The van der Waals surface area contributed by atoms with Gasteiger partial charge >= 0.3 is 172 Å². The van der Waals surface area contributed by atoms with E-state index in [9.17, 15) is 0 Å². The van der Waals surface area contributed by atoms with Gasteiger partial charge < -0.3 is 0 Å². The minimum atomic E-state index is -3.34. The topological polar surface area (TPSA) is 9.23 Å². The molecule has 3 aromatic rings. The van der Waals surface area contributed by atoms with Crippen molar-refractivity contribution in [3.63, 3.8) is 0 Å². The summed E-state index contributed by atoms with van der Waals surface area (Å²) in [6, 6.07) is 32.5. The summed E-state index contributed by atoms with van der Waals surface area (Å²) in [6.45, 7) is 4.58. The molecule has 141 valence electrons. The molecule has 4 rings (SSSR count). The van der Waals surface area contributed by atoms with Crippen LogP contribution in [0, 0.1) is 11.5 Å². The molecule has 0 atom stereocenters. The second kappa shape index (κ2) is 8.10. The molecule has 1 aliphatic rings. The molecule has 1 radical (unpaired) electrons. The Balaban J connectivity index is 1.89. The predicted octanol–water partition coefficient (Wildman–Crippen LogP) is 4.58. The van der Waals surface area contributed by atoms with E-state index in [1.165, 1.54) is 13.2 Å². The molecule has 0 aromatic heterocycles. The van der Waals surface area contributed by atoms with Crippen LogP contribution >= 0.6 is 0 Å². The number of benzene rings is 3. The second-order valence-electron chi connectivity index (χ2n) is 8.17. The zero-order valence-corrected chi connectivity index (χ0v) is 18.7. The van der Waals surface area contributed by atoms with E-state index in [1.807, 2.05) is 0 Å². The van der Waals surface area contributed by atoms with Gasteiger partial charge in [0.1, 0.15) is 0 Å². The van der Waals surface area contributed by atoms with Crippen molar-refractivity contribution in [2.75, 3.05) is 0 Å². The Labute approximate surface area is 171 Å². The Bertz CT molecular complexity index is 820. The Morgan fingerprint density at radius 2 is 1.11 bits per heavy atom.